The van der Waals surface area contributed by atoms with E-state index >= 15 is 0 Å². The first-order valence-corrected chi connectivity index (χ1v) is 5.28. The van der Waals surface area contributed by atoms with Crippen LogP contribution in [0.2, 0.25) is 0 Å². The molecule has 0 aliphatic carbocycles. The second-order valence-corrected chi connectivity index (χ2v) is 4.70. The van der Waals surface area contributed by atoms with Crippen LogP contribution in [0, 0.1) is 5.92 Å². The molecule has 0 aromatic carbocycles. The van der Waals surface area contributed by atoms with Gasteiger partial charge < -0.3 is 5.32 Å². The Morgan fingerprint density at radius 1 is 1.38 bits per heavy atom. The Bertz CT molecular complexity index is 184. The van der Waals surface area contributed by atoms with Crippen LogP contribution >= 0.6 is 0 Å². The first-order valence-electron chi connectivity index (χ1n) is 5.28. The Hall–Kier alpha value is -0.150. The third kappa shape index (κ3) is 1.86. The van der Waals surface area contributed by atoms with Crippen molar-refractivity contribution >= 4 is 0 Å². The smallest absolute Gasteiger partial charge is 0.114 e. The highest BCUT2D eigenvalue weighted by Crippen LogP contribution is 2.24. The van der Waals surface area contributed by atoms with Crippen molar-refractivity contribution in [1.29, 1.82) is 0 Å². The maximum Gasteiger partial charge on any atom is 0.114 e. The standard InChI is InChI=1S/C10H19FN2/c1-7(2)10-6-13-5-8(11)3-9(13)4-12-10/h7-10,12H,3-6H2,1-2H3/t8-,9+,10-/m1/s1. The molecule has 2 fully saturated rings. The van der Waals surface area contributed by atoms with Crippen LogP contribution in [0.15, 0.2) is 0 Å². The lowest BCUT2D eigenvalue weighted by Gasteiger charge is -2.37. The summed E-state index contributed by atoms with van der Waals surface area (Å²) >= 11 is 0. The van der Waals surface area contributed by atoms with E-state index in [0.29, 0.717) is 24.5 Å². The SMILES string of the molecule is CC(C)[C@H]1CN2C[C@H](F)C[C@H]2CN1. The zero-order valence-corrected chi connectivity index (χ0v) is 8.46. The molecule has 2 aliphatic heterocycles. The van der Waals surface area contributed by atoms with Crippen LogP contribution in [0.4, 0.5) is 4.39 Å². The fraction of sp³-hybridized carbons (Fsp3) is 1.00. The van der Waals surface area contributed by atoms with Gasteiger partial charge in [-0.3, -0.25) is 4.90 Å². The molecule has 2 saturated heterocycles. The maximum atomic E-state index is 13.1. The van der Waals surface area contributed by atoms with Gasteiger partial charge in [-0.25, -0.2) is 4.39 Å². The molecular formula is C10H19FN2. The van der Waals surface area contributed by atoms with Gasteiger partial charge in [0.25, 0.3) is 0 Å². The highest BCUT2D eigenvalue weighted by atomic mass is 19.1. The van der Waals surface area contributed by atoms with Crippen LogP contribution in [0.1, 0.15) is 20.3 Å². The van der Waals surface area contributed by atoms with Gasteiger partial charge in [0.1, 0.15) is 6.17 Å². The van der Waals surface area contributed by atoms with Crippen molar-refractivity contribution < 1.29 is 4.39 Å². The lowest BCUT2D eigenvalue weighted by atomic mass is 10.0. The highest BCUT2D eigenvalue weighted by molar-refractivity contribution is 4.94. The van der Waals surface area contributed by atoms with Crippen LogP contribution in [0.5, 0.6) is 0 Å². The number of fused-ring (bicyclic) bond motifs is 1. The number of hydrogen-bond acceptors (Lipinski definition) is 2. The van der Waals surface area contributed by atoms with Crippen molar-refractivity contribution in [2.45, 2.75) is 38.5 Å². The fourth-order valence-corrected chi connectivity index (χ4v) is 2.41. The van der Waals surface area contributed by atoms with E-state index in [2.05, 4.69) is 24.1 Å². The van der Waals surface area contributed by atoms with E-state index in [1.165, 1.54) is 0 Å². The van der Waals surface area contributed by atoms with E-state index in [0.717, 1.165) is 19.5 Å². The van der Waals surface area contributed by atoms with E-state index in [-0.39, 0.29) is 0 Å². The molecule has 1 N–H and O–H groups in total. The molecule has 76 valence electrons. The monoisotopic (exact) mass is 186 g/mol. The zero-order valence-electron chi connectivity index (χ0n) is 8.46. The summed E-state index contributed by atoms with van der Waals surface area (Å²) in [5.74, 6) is 0.652. The van der Waals surface area contributed by atoms with E-state index < -0.39 is 6.17 Å². The summed E-state index contributed by atoms with van der Waals surface area (Å²) in [5.41, 5.74) is 0. The van der Waals surface area contributed by atoms with Crippen LogP contribution in [-0.2, 0) is 0 Å². The Kier molecular flexibility index (Phi) is 2.56. The summed E-state index contributed by atoms with van der Waals surface area (Å²) in [6.07, 6.45) is 0.148. The molecule has 0 radical (unpaired) electrons. The summed E-state index contributed by atoms with van der Waals surface area (Å²) < 4.78 is 13.1. The van der Waals surface area contributed by atoms with Crippen molar-refractivity contribution in [1.82, 2.24) is 10.2 Å². The van der Waals surface area contributed by atoms with Crippen molar-refractivity contribution in [3.8, 4) is 0 Å². The minimum absolute atomic E-state index is 0.463. The van der Waals surface area contributed by atoms with Crippen molar-refractivity contribution in [2.24, 2.45) is 5.92 Å². The average Bonchev–Trinajstić information content (AvgIpc) is 2.42. The Morgan fingerprint density at radius 3 is 2.85 bits per heavy atom. The molecular weight excluding hydrogens is 167 g/mol. The number of rotatable bonds is 1. The number of alkyl halides is 1. The van der Waals surface area contributed by atoms with Gasteiger partial charge in [0.05, 0.1) is 0 Å². The average molecular weight is 186 g/mol. The fourth-order valence-electron chi connectivity index (χ4n) is 2.41. The Labute approximate surface area is 79.5 Å². The molecule has 2 heterocycles. The molecule has 0 unspecified atom stereocenters. The minimum atomic E-state index is -0.585. The first-order chi connectivity index (χ1) is 6.16. The summed E-state index contributed by atoms with van der Waals surface area (Å²) in [5, 5.41) is 3.50. The van der Waals surface area contributed by atoms with Gasteiger partial charge in [-0.1, -0.05) is 13.8 Å². The number of nitrogens with zero attached hydrogens (tertiary/aromatic N) is 1. The Balaban J connectivity index is 1.93. The van der Waals surface area contributed by atoms with Crippen molar-refractivity contribution in [2.75, 3.05) is 19.6 Å². The summed E-state index contributed by atoms with van der Waals surface area (Å²) in [4.78, 5) is 2.31. The van der Waals surface area contributed by atoms with E-state index in [1.807, 2.05) is 0 Å². The minimum Gasteiger partial charge on any atom is -0.311 e. The van der Waals surface area contributed by atoms with Gasteiger partial charge in [-0.2, -0.15) is 0 Å². The predicted octanol–water partition coefficient (Wildman–Crippen LogP) is 1.03. The van der Waals surface area contributed by atoms with Gasteiger partial charge in [0.2, 0.25) is 0 Å². The molecule has 0 spiro atoms. The first kappa shape index (κ1) is 9.41. The molecule has 0 bridgehead atoms. The Morgan fingerprint density at radius 2 is 2.15 bits per heavy atom. The molecule has 0 aromatic heterocycles. The molecule has 2 nitrogen and oxygen atoms in total. The van der Waals surface area contributed by atoms with E-state index in [9.17, 15) is 4.39 Å². The molecule has 2 rings (SSSR count). The topological polar surface area (TPSA) is 15.3 Å². The van der Waals surface area contributed by atoms with Gasteiger partial charge in [-0.15, -0.1) is 0 Å². The third-order valence-corrected chi connectivity index (χ3v) is 3.33. The molecule has 3 heteroatoms. The molecule has 0 aromatic rings. The second kappa shape index (κ2) is 3.54. The molecule has 2 aliphatic rings. The van der Waals surface area contributed by atoms with Gasteiger partial charge in [0, 0.05) is 31.7 Å². The van der Waals surface area contributed by atoms with Crippen molar-refractivity contribution in [3.05, 3.63) is 0 Å². The van der Waals surface area contributed by atoms with Crippen LogP contribution < -0.4 is 5.32 Å². The van der Waals surface area contributed by atoms with Crippen LogP contribution in [0.3, 0.4) is 0 Å². The molecule has 13 heavy (non-hydrogen) atoms. The second-order valence-electron chi connectivity index (χ2n) is 4.70. The largest absolute Gasteiger partial charge is 0.311 e. The summed E-state index contributed by atoms with van der Waals surface area (Å²) in [7, 11) is 0. The lowest BCUT2D eigenvalue weighted by molar-refractivity contribution is 0.148. The van der Waals surface area contributed by atoms with Crippen LogP contribution in [0.25, 0.3) is 0 Å². The zero-order chi connectivity index (χ0) is 9.42. The van der Waals surface area contributed by atoms with Gasteiger partial charge in [0.15, 0.2) is 0 Å². The maximum absolute atomic E-state index is 13.1. The third-order valence-electron chi connectivity index (χ3n) is 3.33. The van der Waals surface area contributed by atoms with Gasteiger partial charge >= 0.3 is 0 Å². The van der Waals surface area contributed by atoms with Gasteiger partial charge in [-0.05, 0) is 12.3 Å². The number of hydrogen-bond donors (Lipinski definition) is 1. The normalized spacial score (nSPS) is 41.1. The lowest BCUT2D eigenvalue weighted by Crippen LogP contribution is -2.55. The van der Waals surface area contributed by atoms with Crippen molar-refractivity contribution in [3.63, 3.8) is 0 Å². The number of piperazine rings is 1. The summed E-state index contributed by atoms with van der Waals surface area (Å²) in [6.45, 7) is 7.11. The molecule has 3 atom stereocenters. The van der Waals surface area contributed by atoms with E-state index in [4.69, 9.17) is 0 Å². The van der Waals surface area contributed by atoms with E-state index in [1.54, 1.807) is 0 Å². The number of halogens is 1. The predicted molar refractivity (Wildman–Crippen MR) is 51.5 cm³/mol. The quantitative estimate of drug-likeness (QED) is 0.658. The highest BCUT2D eigenvalue weighted by Gasteiger charge is 2.36. The molecule has 0 saturated carbocycles. The number of nitrogens with one attached hydrogen (secondary N) is 1. The molecule has 0 amide bonds. The van der Waals surface area contributed by atoms with Crippen LogP contribution in [-0.4, -0.2) is 42.8 Å². The summed E-state index contributed by atoms with van der Waals surface area (Å²) in [6, 6.07) is 1.02.